The topological polar surface area (TPSA) is 101 Å². The van der Waals surface area contributed by atoms with Gasteiger partial charge in [0.25, 0.3) is 0 Å². The predicted octanol–water partition coefficient (Wildman–Crippen LogP) is 7.73. The Morgan fingerprint density at radius 1 is 0.700 bits per heavy atom. The van der Waals surface area contributed by atoms with Crippen LogP contribution in [0.15, 0.2) is 93.9 Å². The number of carbonyl (C=O) groups excluding carboxylic acids is 1. The van der Waals surface area contributed by atoms with Gasteiger partial charge in [-0.3, -0.25) is 0 Å². The molecule has 2 atom stereocenters. The van der Waals surface area contributed by atoms with Crippen LogP contribution < -0.4 is 9.47 Å². The molecule has 0 aromatic heterocycles. The van der Waals surface area contributed by atoms with Crippen LogP contribution in [0.25, 0.3) is 0 Å². The summed E-state index contributed by atoms with van der Waals surface area (Å²) in [4.78, 5) is 23.5. The van der Waals surface area contributed by atoms with Crippen LogP contribution in [0.4, 0.5) is 0 Å². The summed E-state index contributed by atoms with van der Waals surface area (Å²) in [6.07, 6.45) is 6.29. The van der Waals surface area contributed by atoms with E-state index in [1.54, 1.807) is 32.1 Å². The van der Waals surface area contributed by atoms with E-state index in [0.29, 0.717) is 51.0 Å². The molecule has 0 bridgehead atoms. The van der Waals surface area contributed by atoms with Crippen molar-refractivity contribution in [1.29, 1.82) is 0 Å². The lowest BCUT2D eigenvalue weighted by Crippen LogP contribution is -2.29. The van der Waals surface area contributed by atoms with Crippen molar-refractivity contribution in [3.63, 3.8) is 0 Å². The Bertz CT molecular complexity index is 1740. The zero-order valence-corrected chi connectivity index (χ0v) is 31.4. The summed E-state index contributed by atoms with van der Waals surface area (Å²) >= 11 is 7.03. The summed E-state index contributed by atoms with van der Waals surface area (Å²) in [6.45, 7) is 7.13. The normalized spacial score (nSPS) is 12.0. The van der Waals surface area contributed by atoms with Gasteiger partial charge in [0.15, 0.2) is 12.2 Å². The monoisotopic (exact) mass is 806 g/mol. The van der Waals surface area contributed by atoms with E-state index in [4.69, 9.17) is 23.7 Å². The quantitative estimate of drug-likeness (QED) is 0.109. The molecule has 0 heterocycles. The van der Waals surface area contributed by atoms with Crippen molar-refractivity contribution >= 4 is 43.8 Å². The number of aliphatic carboxylic acids is 1. The Labute approximate surface area is 311 Å². The molecule has 0 fully saturated rings. The molecule has 0 radical (unpaired) electrons. The Morgan fingerprint density at radius 3 is 1.58 bits per heavy atom. The Balaban J connectivity index is 1.41. The number of rotatable bonds is 17. The van der Waals surface area contributed by atoms with Gasteiger partial charge in [-0.1, -0.05) is 35.8 Å². The number of carboxylic acids is 1. The van der Waals surface area contributed by atoms with Gasteiger partial charge in [0, 0.05) is 37.2 Å². The fraction of sp³-hybridized carbons (Fsp3) is 0.300. The summed E-state index contributed by atoms with van der Waals surface area (Å²) < 4.78 is 29.1. The Kier molecular flexibility index (Phi) is 18.0. The lowest BCUT2D eigenvalue weighted by molar-refractivity contribution is -0.156. The average Bonchev–Trinajstić information content (AvgIpc) is 3.09. The van der Waals surface area contributed by atoms with E-state index in [2.05, 4.69) is 55.5 Å². The minimum absolute atomic E-state index is 0.271. The lowest BCUT2D eigenvalue weighted by atomic mass is 10.1. The largest absolute Gasteiger partial charge is 0.488 e. The first-order valence-corrected chi connectivity index (χ1v) is 17.7. The van der Waals surface area contributed by atoms with Crippen LogP contribution in [-0.4, -0.2) is 62.3 Å². The van der Waals surface area contributed by atoms with E-state index in [9.17, 15) is 14.7 Å². The van der Waals surface area contributed by atoms with Crippen molar-refractivity contribution in [3.8, 4) is 35.2 Å². The molecule has 262 valence electrons. The zero-order chi connectivity index (χ0) is 36.1. The van der Waals surface area contributed by atoms with Gasteiger partial charge >= 0.3 is 11.9 Å². The van der Waals surface area contributed by atoms with Crippen molar-refractivity contribution < 1.29 is 38.4 Å². The van der Waals surface area contributed by atoms with Crippen LogP contribution in [0, 0.1) is 23.7 Å². The number of ether oxygens (including phenoxy) is 5. The molecule has 3 aromatic carbocycles. The molecular formula is C40H40Br2O8. The van der Waals surface area contributed by atoms with Crippen LogP contribution >= 0.6 is 31.9 Å². The first-order valence-electron chi connectivity index (χ1n) is 16.1. The number of carboxylic acid groups (broad SMARTS) is 1. The molecule has 0 amide bonds. The number of esters is 1. The molecule has 8 nitrogen and oxygen atoms in total. The third-order valence-electron chi connectivity index (χ3n) is 6.79. The van der Waals surface area contributed by atoms with Crippen molar-refractivity contribution in [3.05, 3.63) is 116 Å². The van der Waals surface area contributed by atoms with Gasteiger partial charge in [-0.25, -0.2) is 9.59 Å². The molecule has 0 aliphatic heterocycles. The SMILES string of the molecule is CCOC(=O)C(Cc1ccc(OC/C=C/C#Cc2ccc(C#C/C=C/COc3ccc(CC(OCC)C(=O)O)cc3Br)cc2)c(Br)c1)OCC. The van der Waals surface area contributed by atoms with Gasteiger partial charge in [-0.15, -0.1) is 0 Å². The van der Waals surface area contributed by atoms with E-state index < -0.39 is 18.2 Å². The molecule has 10 heteroatoms. The molecule has 3 rings (SSSR count). The van der Waals surface area contributed by atoms with Crippen molar-refractivity contribution in [2.75, 3.05) is 33.0 Å². The fourth-order valence-electron chi connectivity index (χ4n) is 4.45. The summed E-state index contributed by atoms with van der Waals surface area (Å²) in [5.41, 5.74) is 3.49. The molecule has 0 aliphatic rings. The molecule has 0 spiro atoms. The number of carbonyl (C=O) groups is 2. The lowest BCUT2D eigenvalue weighted by Gasteiger charge is -2.16. The van der Waals surface area contributed by atoms with Gasteiger partial charge in [0.05, 0.1) is 15.6 Å². The average molecular weight is 809 g/mol. The molecule has 1 N–H and O–H groups in total. The number of hydrogen-bond acceptors (Lipinski definition) is 7. The second-order valence-corrected chi connectivity index (χ2v) is 12.2. The van der Waals surface area contributed by atoms with Gasteiger partial charge in [-0.2, -0.15) is 0 Å². The van der Waals surface area contributed by atoms with Crippen LogP contribution in [-0.2, 0) is 36.6 Å². The highest BCUT2D eigenvalue weighted by Crippen LogP contribution is 2.28. The first-order chi connectivity index (χ1) is 24.2. The third-order valence-corrected chi connectivity index (χ3v) is 8.03. The van der Waals surface area contributed by atoms with Gasteiger partial charge in [-0.05, 0) is 137 Å². The van der Waals surface area contributed by atoms with Gasteiger partial charge in [0.1, 0.15) is 24.7 Å². The summed E-state index contributed by atoms with van der Waals surface area (Å²) in [7, 11) is 0. The molecular weight excluding hydrogens is 768 g/mol. The third kappa shape index (κ3) is 14.3. The maximum Gasteiger partial charge on any atom is 0.335 e. The van der Waals surface area contributed by atoms with Crippen LogP contribution in [0.3, 0.4) is 0 Å². The molecule has 3 aromatic rings. The summed E-state index contributed by atoms with van der Waals surface area (Å²) in [5, 5.41) is 9.29. The smallest absolute Gasteiger partial charge is 0.335 e. The van der Waals surface area contributed by atoms with E-state index in [1.807, 2.05) is 73.7 Å². The zero-order valence-electron chi connectivity index (χ0n) is 28.2. The molecule has 0 saturated carbocycles. The predicted molar refractivity (Wildman–Crippen MR) is 200 cm³/mol. The number of allylic oxidation sites excluding steroid dienone is 2. The highest BCUT2D eigenvalue weighted by atomic mass is 79.9. The highest BCUT2D eigenvalue weighted by Gasteiger charge is 2.21. The van der Waals surface area contributed by atoms with Gasteiger partial charge < -0.3 is 28.8 Å². The number of halogens is 2. The van der Waals surface area contributed by atoms with E-state index in [0.717, 1.165) is 31.2 Å². The van der Waals surface area contributed by atoms with Crippen molar-refractivity contribution in [2.24, 2.45) is 0 Å². The van der Waals surface area contributed by atoms with E-state index in [1.165, 1.54) is 0 Å². The molecule has 50 heavy (non-hydrogen) atoms. The van der Waals surface area contributed by atoms with E-state index in [-0.39, 0.29) is 12.4 Å². The Morgan fingerprint density at radius 2 is 1.16 bits per heavy atom. The fourth-order valence-corrected chi connectivity index (χ4v) is 5.53. The van der Waals surface area contributed by atoms with Crippen LogP contribution in [0.1, 0.15) is 43.0 Å². The standard InChI is InChI=1S/C40H40Br2O8/c1-4-46-37(39(43)44)27-31-19-21-35(33(41)25-31)49-23-11-7-9-13-29-15-17-30(18-16-29)14-10-8-12-24-50-36-22-20-32(26-34(36)42)28-38(47-5-2)40(45)48-6-3/h7-8,11-12,15-22,25-26,37-38H,4-6,23-24,27-28H2,1-3H3,(H,43,44)/b11-7+,12-8+. The highest BCUT2D eigenvalue weighted by molar-refractivity contribution is 9.10. The van der Waals surface area contributed by atoms with Crippen molar-refractivity contribution in [2.45, 2.75) is 45.8 Å². The van der Waals surface area contributed by atoms with E-state index >= 15 is 0 Å². The summed E-state index contributed by atoms with van der Waals surface area (Å²) in [5.74, 6) is 12.2. The first kappa shape index (κ1) is 40.1. The molecule has 0 aliphatic carbocycles. The number of benzene rings is 3. The van der Waals surface area contributed by atoms with Gasteiger partial charge in [0.2, 0.25) is 0 Å². The van der Waals surface area contributed by atoms with Crippen molar-refractivity contribution in [1.82, 2.24) is 0 Å². The summed E-state index contributed by atoms with van der Waals surface area (Å²) in [6, 6.07) is 18.8. The maximum absolute atomic E-state index is 12.2. The minimum Gasteiger partial charge on any atom is -0.488 e. The molecule has 0 saturated heterocycles. The van der Waals surface area contributed by atoms with Crippen LogP contribution in [0.2, 0.25) is 0 Å². The Hall–Kier alpha value is -4.32. The second kappa shape index (κ2) is 22.4. The molecule has 2 unspecified atom stereocenters. The number of hydrogen-bond donors (Lipinski definition) is 1. The minimum atomic E-state index is -0.984. The second-order valence-electron chi connectivity index (χ2n) is 10.5. The van der Waals surface area contributed by atoms with Crippen LogP contribution in [0.5, 0.6) is 11.5 Å². The maximum atomic E-state index is 12.2.